The van der Waals surface area contributed by atoms with Crippen molar-refractivity contribution in [3.8, 4) is 39.0 Å². The third-order valence-electron chi connectivity index (χ3n) is 13.9. The van der Waals surface area contributed by atoms with Gasteiger partial charge in [-0.25, -0.2) is 9.37 Å². The van der Waals surface area contributed by atoms with Gasteiger partial charge >= 0.3 is 0 Å². The number of aliphatic hydroxyl groups is 1. The highest BCUT2D eigenvalue weighted by Gasteiger charge is 2.53. The monoisotopic (exact) mass is 1090 g/mol. The van der Waals surface area contributed by atoms with Crippen LogP contribution in [0.3, 0.4) is 0 Å². The van der Waals surface area contributed by atoms with E-state index in [2.05, 4.69) is 36.7 Å². The van der Waals surface area contributed by atoms with E-state index in [0.717, 1.165) is 40.1 Å². The Morgan fingerprint density at radius 1 is 0.923 bits per heavy atom. The summed E-state index contributed by atoms with van der Waals surface area (Å²) in [7, 11) is 3.16. The van der Waals surface area contributed by atoms with Gasteiger partial charge in [-0.15, -0.1) is 11.3 Å². The van der Waals surface area contributed by atoms with Gasteiger partial charge in [-0.05, 0) is 85.0 Å². The molecule has 2 unspecified atom stereocenters. The quantitative estimate of drug-likeness (QED) is 0.0513. The predicted molar refractivity (Wildman–Crippen MR) is 283 cm³/mol. The van der Waals surface area contributed by atoms with E-state index in [4.69, 9.17) is 14.0 Å². The molecule has 78 heavy (non-hydrogen) atoms. The Hall–Kier alpha value is -7.92. The lowest BCUT2D eigenvalue weighted by Gasteiger charge is -2.35. The molecule has 2 aromatic heterocycles. The predicted octanol–water partition coefficient (Wildman–Crippen LogP) is 3.94. The number of likely N-dealkylation sites (tertiary alicyclic amines) is 1. The van der Waals surface area contributed by atoms with Gasteiger partial charge in [0.1, 0.15) is 29.3 Å². The second kappa shape index (κ2) is 23.8. The lowest BCUT2D eigenvalue weighted by atomic mass is 9.85. The average molecular weight is 1090 g/mol. The van der Waals surface area contributed by atoms with Crippen LogP contribution in [0, 0.1) is 12.3 Å². The number of halogens is 1. The van der Waals surface area contributed by atoms with Gasteiger partial charge in [0.15, 0.2) is 30.3 Å². The van der Waals surface area contributed by atoms with Crippen molar-refractivity contribution < 1.29 is 62.2 Å². The van der Waals surface area contributed by atoms with Gasteiger partial charge in [0.05, 0.1) is 27.7 Å². The summed E-state index contributed by atoms with van der Waals surface area (Å²) in [6.45, 7) is 6.57. The van der Waals surface area contributed by atoms with Crippen LogP contribution in [0.4, 0.5) is 4.39 Å². The van der Waals surface area contributed by atoms with Crippen molar-refractivity contribution in [2.45, 2.75) is 96.1 Å². The number of nitrogens with zero attached hydrogens (tertiary/aromatic N) is 4. The van der Waals surface area contributed by atoms with Crippen molar-refractivity contribution in [2.75, 3.05) is 53.5 Å². The highest BCUT2D eigenvalue weighted by Crippen LogP contribution is 2.41. The molecule has 5 aromatic rings. The standard InChI is InChI=1S/C55H64FN9O12S/c1-30-47(78-29-61-30)33-8-10-35(25-60-50(71)41-21-36(66)26-65(41)52(73)48(54(2,3)4)62-53(74)55(56)15-16-55)43(20-33)76-28-46(69)58-18-17-57-45(68)27-75-37-13-11-31-7-9-34(39(31)22-37)24-59-49(70)40-23-44(77-63-40)32-12-14-38(42(67)19-32)51(72)64(5)6/h8,10-14,19-20,22-23,29,34,36,41,48,66-67H,7,9,15-18,21,24-28H2,1-6H3,(H,57,68)(H,58,69)(H,59,70)(H,60,71)(H,62,74)/t34?,36-,41+,48?/m1/s1. The fraction of sp³-hybridized carbons (Fsp3) is 0.436. The molecule has 7 N–H and O–H groups in total. The third-order valence-corrected chi connectivity index (χ3v) is 14.8. The fourth-order valence-corrected chi connectivity index (χ4v) is 10.1. The summed E-state index contributed by atoms with van der Waals surface area (Å²) in [5.74, 6) is -3.02. The number of rotatable bonds is 21. The van der Waals surface area contributed by atoms with Crippen LogP contribution in [-0.4, -0.2) is 149 Å². The van der Waals surface area contributed by atoms with Gasteiger partial charge in [-0.3, -0.25) is 33.6 Å². The number of aromatic hydroxyl groups is 1. The lowest BCUT2D eigenvalue weighted by molar-refractivity contribution is -0.145. The maximum Gasteiger partial charge on any atom is 0.273 e. The Morgan fingerprint density at radius 2 is 1.64 bits per heavy atom. The summed E-state index contributed by atoms with van der Waals surface area (Å²) in [5.41, 5.74) is 3.61. The van der Waals surface area contributed by atoms with Gasteiger partial charge < -0.3 is 60.6 Å². The molecular formula is C55H64FN9O12S. The van der Waals surface area contributed by atoms with E-state index in [1.54, 1.807) is 64.6 Å². The molecule has 8 rings (SSSR count). The van der Waals surface area contributed by atoms with Crippen molar-refractivity contribution in [2.24, 2.45) is 5.41 Å². The minimum absolute atomic E-state index is 0.0311. The number of phenols is 1. The van der Waals surface area contributed by atoms with Crippen LogP contribution < -0.4 is 36.1 Å². The van der Waals surface area contributed by atoms with Gasteiger partial charge in [-0.1, -0.05) is 50.2 Å². The second-order valence-corrected chi connectivity index (χ2v) is 21.9. The first kappa shape index (κ1) is 56.3. The van der Waals surface area contributed by atoms with E-state index < -0.39 is 71.3 Å². The van der Waals surface area contributed by atoms with E-state index in [1.807, 2.05) is 25.1 Å². The SMILES string of the molecule is Cc1ncsc1-c1ccc(CNC(=O)[C@@H]2C[C@@H](O)CN2C(=O)C(NC(=O)C2(F)CC2)C(C)(C)C)c(OCC(=O)NCCNC(=O)COc2ccc3c(c2)C(CNC(=O)c2cc(-c4ccc(C(=O)N(C)C)c(O)c4)on2)CC3)c1. The van der Waals surface area contributed by atoms with E-state index >= 15 is 0 Å². The molecule has 23 heteroatoms. The van der Waals surface area contributed by atoms with Crippen molar-refractivity contribution in [3.63, 3.8) is 0 Å². The Kier molecular flexibility index (Phi) is 17.1. The first-order valence-electron chi connectivity index (χ1n) is 25.6. The number of carbonyl (C=O) groups is 7. The molecule has 2 aliphatic carbocycles. The zero-order valence-corrected chi connectivity index (χ0v) is 45.0. The molecule has 0 spiro atoms. The minimum atomic E-state index is -2.02. The van der Waals surface area contributed by atoms with Gasteiger partial charge in [0.25, 0.3) is 29.5 Å². The van der Waals surface area contributed by atoms with Crippen molar-refractivity contribution >= 4 is 52.7 Å². The minimum Gasteiger partial charge on any atom is -0.507 e. The average Bonchev–Trinajstić information content (AvgIpc) is 3.96. The second-order valence-electron chi connectivity index (χ2n) is 21.0. The normalized spacial score (nSPS) is 17.5. The number of aliphatic hydroxyl groups excluding tert-OH is 1. The number of alkyl halides is 1. The third kappa shape index (κ3) is 13.4. The van der Waals surface area contributed by atoms with Crippen LogP contribution in [0.15, 0.2) is 70.7 Å². The number of nitrogens with one attached hydrogen (secondary N) is 5. The summed E-state index contributed by atoms with van der Waals surface area (Å²) in [6, 6.07) is 14.5. The Labute approximate surface area is 453 Å². The number of hydrogen-bond donors (Lipinski definition) is 7. The summed E-state index contributed by atoms with van der Waals surface area (Å²) in [6.07, 6.45) is 0.642. The molecule has 4 atom stereocenters. The molecule has 0 bridgehead atoms. The summed E-state index contributed by atoms with van der Waals surface area (Å²) in [5, 5.41) is 38.7. The van der Waals surface area contributed by atoms with Crippen molar-refractivity contribution in [1.29, 1.82) is 0 Å². The Bertz CT molecular complexity index is 3090. The number of fused-ring (bicyclic) bond motifs is 1. The zero-order valence-electron chi connectivity index (χ0n) is 44.2. The molecule has 7 amide bonds. The Morgan fingerprint density at radius 3 is 2.31 bits per heavy atom. The topological polar surface area (TPSA) is 284 Å². The zero-order chi connectivity index (χ0) is 56.1. The number of amides is 7. The number of carbonyl (C=O) groups excluding carboxylic acids is 7. The number of ether oxygens (including phenoxy) is 2. The molecule has 1 saturated carbocycles. The summed E-state index contributed by atoms with van der Waals surface area (Å²) >= 11 is 1.42. The number of aryl methyl sites for hydroxylation is 2. The lowest BCUT2D eigenvalue weighted by Crippen LogP contribution is -2.59. The number of phenolic OH excluding ortho intramolecular Hbond substituents is 1. The molecule has 1 saturated heterocycles. The molecule has 2 fully saturated rings. The van der Waals surface area contributed by atoms with Crippen LogP contribution in [0.1, 0.15) is 95.6 Å². The van der Waals surface area contributed by atoms with E-state index in [9.17, 15) is 48.2 Å². The molecule has 3 aliphatic rings. The first-order valence-corrected chi connectivity index (χ1v) is 26.5. The number of aromatic nitrogens is 2. The maximum atomic E-state index is 14.7. The van der Waals surface area contributed by atoms with Crippen LogP contribution in [0.25, 0.3) is 21.8 Å². The molecular weight excluding hydrogens is 1030 g/mol. The van der Waals surface area contributed by atoms with Crippen molar-refractivity contribution in [3.05, 3.63) is 99.8 Å². The van der Waals surface area contributed by atoms with E-state index in [-0.39, 0.29) is 86.6 Å². The highest BCUT2D eigenvalue weighted by molar-refractivity contribution is 7.13. The number of thiazole rings is 1. The molecule has 3 heterocycles. The van der Waals surface area contributed by atoms with Gasteiger partial charge in [0, 0.05) is 76.4 Å². The van der Waals surface area contributed by atoms with Crippen molar-refractivity contribution in [1.82, 2.24) is 46.5 Å². The number of hydrogen-bond acceptors (Lipinski definition) is 15. The van der Waals surface area contributed by atoms with Gasteiger partial charge in [-0.2, -0.15) is 0 Å². The van der Waals surface area contributed by atoms with Crippen LogP contribution in [0.5, 0.6) is 17.2 Å². The molecule has 414 valence electrons. The molecule has 0 radical (unpaired) electrons. The summed E-state index contributed by atoms with van der Waals surface area (Å²) < 4.78 is 31.9. The van der Waals surface area contributed by atoms with Crippen LogP contribution in [-0.2, 0) is 36.9 Å². The Balaban J connectivity index is 0.788. The van der Waals surface area contributed by atoms with E-state index in [1.165, 1.54) is 39.3 Å². The fourth-order valence-electron chi connectivity index (χ4n) is 9.27. The highest BCUT2D eigenvalue weighted by atomic mass is 32.1. The molecule has 21 nitrogen and oxygen atoms in total. The largest absolute Gasteiger partial charge is 0.507 e. The molecule has 3 aromatic carbocycles. The smallest absolute Gasteiger partial charge is 0.273 e. The van der Waals surface area contributed by atoms with E-state index in [0.29, 0.717) is 29.2 Å². The first-order chi connectivity index (χ1) is 37.1. The molecule has 1 aliphatic heterocycles. The maximum absolute atomic E-state index is 14.7. The number of β-amino-alcohol motifs (C(OH)–C–C–N with tert-alkyl or cyclic N) is 1. The van der Waals surface area contributed by atoms with Crippen LogP contribution >= 0.6 is 11.3 Å². The van der Waals surface area contributed by atoms with Crippen LogP contribution in [0.2, 0.25) is 0 Å². The summed E-state index contributed by atoms with van der Waals surface area (Å²) in [4.78, 5) is 99.5. The number of benzene rings is 3. The van der Waals surface area contributed by atoms with Gasteiger partial charge in [0.2, 0.25) is 11.8 Å².